The molecular weight excluding hydrogens is 414 g/mol. The number of rotatable bonds is 6. The fraction of sp³-hybridized carbons (Fsp3) is 0.375. The van der Waals surface area contributed by atoms with Gasteiger partial charge in [0.15, 0.2) is 0 Å². The number of hydrogen-bond donors (Lipinski definition) is 0. The van der Waals surface area contributed by atoms with Crippen LogP contribution in [-0.2, 0) is 9.53 Å². The molecule has 2 amide bonds. The topological polar surface area (TPSA) is 76.8 Å². The van der Waals surface area contributed by atoms with Gasteiger partial charge in [-0.2, -0.15) is 0 Å². The summed E-state index contributed by atoms with van der Waals surface area (Å²) >= 11 is 0.967. The molecule has 1 aliphatic carbocycles. The summed E-state index contributed by atoms with van der Waals surface area (Å²) in [7, 11) is 0. The number of nitrogens with zero attached hydrogens (tertiary/aromatic N) is 1. The highest BCUT2D eigenvalue weighted by Crippen LogP contribution is 2.35. The number of ether oxygens (including phenoxy) is 1. The fourth-order valence-corrected chi connectivity index (χ4v) is 4.81. The molecule has 4 rings (SSSR count). The van der Waals surface area contributed by atoms with Crippen LogP contribution in [0.4, 0.5) is 4.79 Å². The summed E-state index contributed by atoms with van der Waals surface area (Å²) in [6.45, 7) is 2.60. The Morgan fingerprint density at radius 3 is 2.58 bits per heavy atom. The molecule has 2 fully saturated rings. The first-order valence-corrected chi connectivity index (χ1v) is 11.5. The number of amides is 2. The third kappa shape index (κ3) is 4.93. The molecule has 6 nitrogen and oxygen atoms in total. The van der Waals surface area contributed by atoms with Crippen LogP contribution in [0.1, 0.15) is 55.1 Å². The summed E-state index contributed by atoms with van der Waals surface area (Å²) in [6.07, 6.45) is 7.38. The van der Waals surface area contributed by atoms with Crippen molar-refractivity contribution in [3.63, 3.8) is 0 Å². The lowest BCUT2D eigenvalue weighted by molar-refractivity contribution is -0.123. The third-order valence-corrected chi connectivity index (χ3v) is 6.53. The molecule has 1 saturated carbocycles. The molecule has 2 heterocycles. The molecule has 0 radical (unpaired) electrons. The Bertz CT molecular complexity index is 1000. The van der Waals surface area contributed by atoms with Crippen molar-refractivity contribution in [3.05, 3.63) is 52.6 Å². The summed E-state index contributed by atoms with van der Waals surface area (Å²) in [5.41, 5.74) is 1.28. The molecule has 1 aromatic heterocycles. The predicted octanol–water partition coefficient (Wildman–Crippen LogP) is 5.74. The minimum Gasteiger partial charge on any atom is -0.462 e. The Morgan fingerprint density at radius 2 is 1.87 bits per heavy atom. The molecule has 2 aliphatic rings. The monoisotopic (exact) mass is 439 g/mol. The largest absolute Gasteiger partial charge is 0.462 e. The maximum Gasteiger partial charge on any atom is 0.338 e. The van der Waals surface area contributed by atoms with Crippen LogP contribution < -0.4 is 0 Å². The average Bonchev–Trinajstić information content (AvgIpc) is 3.35. The predicted molar refractivity (Wildman–Crippen MR) is 119 cm³/mol. The van der Waals surface area contributed by atoms with Gasteiger partial charge in [0.25, 0.3) is 11.1 Å². The van der Waals surface area contributed by atoms with E-state index < -0.39 is 0 Å². The molecule has 0 bridgehead atoms. The van der Waals surface area contributed by atoms with E-state index in [-0.39, 0.29) is 17.1 Å². The molecule has 0 N–H and O–H groups in total. The lowest BCUT2D eigenvalue weighted by atomic mass is 9.89. The number of esters is 1. The first kappa shape index (κ1) is 21.4. The van der Waals surface area contributed by atoms with Crippen LogP contribution in [0.25, 0.3) is 17.4 Å². The van der Waals surface area contributed by atoms with Gasteiger partial charge in [0.2, 0.25) is 0 Å². The van der Waals surface area contributed by atoms with Gasteiger partial charge in [-0.3, -0.25) is 14.5 Å². The van der Waals surface area contributed by atoms with Crippen LogP contribution in [0, 0.1) is 5.92 Å². The van der Waals surface area contributed by atoms with E-state index in [1.54, 1.807) is 49.4 Å². The van der Waals surface area contributed by atoms with Crippen LogP contribution >= 0.6 is 11.8 Å². The van der Waals surface area contributed by atoms with Crippen molar-refractivity contribution < 1.29 is 23.5 Å². The molecule has 2 aromatic rings. The Hall–Kier alpha value is -2.80. The van der Waals surface area contributed by atoms with Gasteiger partial charge in [-0.1, -0.05) is 31.4 Å². The minimum absolute atomic E-state index is 0.205. The van der Waals surface area contributed by atoms with E-state index in [1.165, 1.54) is 24.2 Å². The van der Waals surface area contributed by atoms with Gasteiger partial charge < -0.3 is 9.15 Å². The average molecular weight is 440 g/mol. The molecule has 1 saturated heterocycles. The minimum atomic E-state index is -0.363. The molecule has 162 valence electrons. The normalized spacial score (nSPS) is 18.7. The van der Waals surface area contributed by atoms with Gasteiger partial charge in [0.1, 0.15) is 11.5 Å². The second kappa shape index (κ2) is 9.56. The highest BCUT2D eigenvalue weighted by atomic mass is 32.2. The lowest BCUT2D eigenvalue weighted by Crippen LogP contribution is -2.34. The van der Waals surface area contributed by atoms with Crippen molar-refractivity contribution in [2.75, 3.05) is 13.2 Å². The number of hydrogen-bond acceptors (Lipinski definition) is 6. The SMILES string of the molecule is CCOC(=O)c1ccc(-c2ccc(/C=C3/SC(=O)N(CC4CCCCC4)C3=O)o2)cc1. The highest BCUT2D eigenvalue weighted by molar-refractivity contribution is 8.18. The van der Waals surface area contributed by atoms with Crippen molar-refractivity contribution >= 4 is 35.0 Å². The van der Waals surface area contributed by atoms with Gasteiger partial charge in [0, 0.05) is 18.2 Å². The third-order valence-electron chi connectivity index (χ3n) is 5.62. The second-order valence-electron chi connectivity index (χ2n) is 7.80. The van der Waals surface area contributed by atoms with Gasteiger partial charge in [-0.05, 0) is 61.7 Å². The molecular formula is C24H25NO5S. The van der Waals surface area contributed by atoms with E-state index >= 15 is 0 Å². The van der Waals surface area contributed by atoms with Crippen LogP contribution in [-0.4, -0.2) is 35.2 Å². The maximum atomic E-state index is 12.8. The van der Waals surface area contributed by atoms with E-state index in [0.29, 0.717) is 41.1 Å². The Morgan fingerprint density at radius 1 is 1.13 bits per heavy atom. The Balaban J connectivity index is 1.44. The summed E-state index contributed by atoms with van der Waals surface area (Å²) in [5.74, 6) is 0.931. The van der Waals surface area contributed by atoms with E-state index in [9.17, 15) is 14.4 Å². The van der Waals surface area contributed by atoms with Gasteiger partial charge in [-0.25, -0.2) is 4.79 Å². The number of benzene rings is 1. The van der Waals surface area contributed by atoms with E-state index in [2.05, 4.69) is 0 Å². The summed E-state index contributed by atoms with van der Waals surface area (Å²) in [6, 6.07) is 10.5. The number of carbonyl (C=O) groups excluding carboxylic acids is 3. The quantitative estimate of drug-likeness (QED) is 0.422. The molecule has 31 heavy (non-hydrogen) atoms. The van der Waals surface area contributed by atoms with Crippen molar-refractivity contribution in [3.8, 4) is 11.3 Å². The van der Waals surface area contributed by atoms with E-state index in [1.807, 2.05) is 0 Å². The number of furan rings is 1. The van der Waals surface area contributed by atoms with E-state index in [4.69, 9.17) is 9.15 Å². The molecule has 0 atom stereocenters. The highest BCUT2D eigenvalue weighted by Gasteiger charge is 2.36. The lowest BCUT2D eigenvalue weighted by Gasteiger charge is -2.25. The number of thioether (sulfide) groups is 1. The van der Waals surface area contributed by atoms with Crippen LogP contribution in [0.2, 0.25) is 0 Å². The molecule has 0 unspecified atom stereocenters. The zero-order valence-electron chi connectivity index (χ0n) is 17.5. The maximum absolute atomic E-state index is 12.8. The number of carbonyl (C=O) groups is 3. The van der Waals surface area contributed by atoms with Gasteiger partial charge in [0.05, 0.1) is 17.1 Å². The first-order chi connectivity index (χ1) is 15.0. The van der Waals surface area contributed by atoms with Crippen LogP contribution in [0.5, 0.6) is 0 Å². The molecule has 1 aromatic carbocycles. The van der Waals surface area contributed by atoms with Crippen LogP contribution in [0.15, 0.2) is 45.7 Å². The first-order valence-electron chi connectivity index (χ1n) is 10.7. The van der Waals surface area contributed by atoms with Crippen molar-refractivity contribution in [1.82, 2.24) is 4.90 Å². The molecule has 7 heteroatoms. The number of imide groups is 1. The van der Waals surface area contributed by atoms with E-state index in [0.717, 1.165) is 30.2 Å². The summed E-state index contributed by atoms with van der Waals surface area (Å²) in [5, 5.41) is -0.205. The van der Waals surface area contributed by atoms with Crippen molar-refractivity contribution in [2.24, 2.45) is 5.92 Å². The molecule has 1 aliphatic heterocycles. The molecule has 0 spiro atoms. The van der Waals surface area contributed by atoms with Crippen LogP contribution in [0.3, 0.4) is 0 Å². The Labute approximate surface area is 185 Å². The van der Waals surface area contributed by atoms with Gasteiger partial charge in [-0.15, -0.1) is 0 Å². The summed E-state index contributed by atoms with van der Waals surface area (Å²) in [4.78, 5) is 38.7. The zero-order valence-corrected chi connectivity index (χ0v) is 18.3. The van der Waals surface area contributed by atoms with Gasteiger partial charge >= 0.3 is 5.97 Å². The van der Waals surface area contributed by atoms with Crippen molar-refractivity contribution in [2.45, 2.75) is 39.0 Å². The fourth-order valence-electron chi connectivity index (χ4n) is 3.99. The standard InChI is InChI=1S/C24H25NO5S/c1-2-29-23(27)18-10-8-17(9-11-18)20-13-12-19(30-20)14-21-22(26)25(24(28)31-21)15-16-6-4-3-5-7-16/h8-14,16H,2-7,15H2,1H3/b21-14+. The Kier molecular flexibility index (Phi) is 6.61. The second-order valence-corrected chi connectivity index (χ2v) is 8.79. The smallest absolute Gasteiger partial charge is 0.338 e. The zero-order chi connectivity index (χ0) is 21.8. The summed E-state index contributed by atoms with van der Waals surface area (Å²) < 4.78 is 10.9. The van der Waals surface area contributed by atoms with Crippen molar-refractivity contribution in [1.29, 1.82) is 0 Å².